The van der Waals surface area contributed by atoms with Crippen molar-refractivity contribution >= 4 is 10.0 Å². The Morgan fingerprint density at radius 1 is 1.11 bits per heavy atom. The molecule has 5 nitrogen and oxygen atoms in total. The number of methoxy groups -OCH3 is 1. The maximum Gasteiger partial charge on any atom is 0.211 e. The van der Waals surface area contributed by atoms with E-state index < -0.39 is 10.0 Å². The predicted molar refractivity (Wildman–Crippen MR) is 79.8 cm³/mol. The van der Waals surface area contributed by atoms with Gasteiger partial charge in [0.25, 0.3) is 0 Å². The quantitative estimate of drug-likeness (QED) is 0.565. The highest BCUT2D eigenvalue weighted by Crippen LogP contribution is 2.05. The summed E-state index contributed by atoms with van der Waals surface area (Å²) in [6, 6.07) is 0.297. The lowest BCUT2D eigenvalue weighted by atomic mass is 10.1. The lowest BCUT2D eigenvalue weighted by Gasteiger charge is -2.21. The number of nitrogens with one attached hydrogen (secondary N) is 2. The summed E-state index contributed by atoms with van der Waals surface area (Å²) in [5, 5.41) is 3.28. The molecule has 6 heteroatoms. The van der Waals surface area contributed by atoms with Crippen molar-refractivity contribution in [2.24, 2.45) is 5.92 Å². The van der Waals surface area contributed by atoms with Crippen LogP contribution in [0.25, 0.3) is 0 Å². The predicted octanol–water partition coefficient (Wildman–Crippen LogP) is 1.36. The van der Waals surface area contributed by atoms with Gasteiger partial charge >= 0.3 is 0 Å². The van der Waals surface area contributed by atoms with Gasteiger partial charge in [-0.2, -0.15) is 0 Å². The molecule has 0 aliphatic rings. The second-order valence-electron chi connectivity index (χ2n) is 5.56. The van der Waals surface area contributed by atoms with Crippen LogP contribution in [0.4, 0.5) is 0 Å². The summed E-state index contributed by atoms with van der Waals surface area (Å²) >= 11 is 0. The highest BCUT2D eigenvalue weighted by atomic mass is 32.2. The van der Waals surface area contributed by atoms with Gasteiger partial charge in [-0.3, -0.25) is 0 Å². The molecule has 1 unspecified atom stereocenters. The van der Waals surface area contributed by atoms with E-state index in [1.807, 2.05) is 13.8 Å². The number of hydrogen-bond acceptors (Lipinski definition) is 4. The molecule has 0 spiro atoms. The Bertz CT molecular complexity index is 316. The molecule has 0 aromatic heterocycles. The fraction of sp³-hybridized carbons (Fsp3) is 1.00. The molecule has 2 N–H and O–H groups in total. The summed E-state index contributed by atoms with van der Waals surface area (Å²) in [4.78, 5) is 0. The molecule has 0 aromatic carbocycles. The molecule has 0 bridgehead atoms. The number of ether oxygens (including phenoxy) is 1. The molecule has 0 heterocycles. The second kappa shape index (κ2) is 9.69. The van der Waals surface area contributed by atoms with Crippen LogP contribution < -0.4 is 10.0 Å². The molecule has 0 aliphatic heterocycles. The lowest BCUT2D eigenvalue weighted by Crippen LogP contribution is -2.42. The van der Waals surface area contributed by atoms with Crippen molar-refractivity contribution in [3.8, 4) is 0 Å². The topological polar surface area (TPSA) is 67.4 Å². The van der Waals surface area contributed by atoms with Crippen molar-refractivity contribution in [3.05, 3.63) is 0 Å². The van der Waals surface area contributed by atoms with Gasteiger partial charge < -0.3 is 10.1 Å². The average Bonchev–Trinajstić information content (AvgIpc) is 2.27. The van der Waals surface area contributed by atoms with E-state index in [0.717, 1.165) is 13.0 Å². The van der Waals surface area contributed by atoms with Crippen molar-refractivity contribution in [2.45, 2.75) is 52.6 Å². The zero-order valence-corrected chi connectivity index (χ0v) is 13.7. The molecule has 0 aromatic rings. The Morgan fingerprint density at radius 2 is 1.74 bits per heavy atom. The SMILES string of the molecule is COCC(NS(=O)(=O)CCCCNC(C)C)C(C)C. The maximum absolute atomic E-state index is 11.9. The van der Waals surface area contributed by atoms with E-state index in [2.05, 4.69) is 23.9 Å². The Balaban J connectivity index is 4.02. The molecule has 0 rings (SSSR count). The third kappa shape index (κ3) is 10.3. The number of unbranched alkanes of at least 4 members (excludes halogenated alkanes) is 1. The summed E-state index contributed by atoms with van der Waals surface area (Å²) in [5.74, 6) is 0.400. The van der Waals surface area contributed by atoms with Crippen molar-refractivity contribution in [1.29, 1.82) is 0 Å². The smallest absolute Gasteiger partial charge is 0.211 e. The Hall–Kier alpha value is -0.170. The van der Waals surface area contributed by atoms with Crippen LogP contribution in [0, 0.1) is 5.92 Å². The van der Waals surface area contributed by atoms with E-state index in [0.29, 0.717) is 19.1 Å². The third-order valence-electron chi connectivity index (χ3n) is 2.87. The highest BCUT2D eigenvalue weighted by Gasteiger charge is 2.20. The lowest BCUT2D eigenvalue weighted by molar-refractivity contribution is 0.157. The highest BCUT2D eigenvalue weighted by molar-refractivity contribution is 7.89. The van der Waals surface area contributed by atoms with Crippen LogP contribution >= 0.6 is 0 Å². The van der Waals surface area contributed by atoms with Crippen molar-refractivity contribution in [2.75, 3.05) is 26.0 Å². The van der Waals surface area contributed by atoms with Gasteiger partial charge in [0.15, 0.2) is 0 Å². The molecule has 0 aliphatic carbocycles. The van der Waals surface area contributed by atoms with Gasteiger partial charge in [-0.25, -0.2) is 13.1 Å². The van der Waals surface area contributed by atoms with Crippen LogP contribution in [-0.2, 0) is 14.8 Å². The van der Waals surface area contributed by atoms with Crippen LogP contribution in [0.15, 0.2) is 0 Å². The Labute approximate surface area is 118 Å². The monoisotopic (exact) mass is 294 g/mol. The first-order chi connectivity index (χ1) is 8.78. The fourth-order valence-electron chi connectivity index (χ4n) is 1.64. The van der Waals surface area contributed by atoms with Crippen LogP contribution in [0.5, 0.6) is 0 Å². The summed E-state index contributed by atoms with van der Waals surface area (Å²) in [6.45, 7) is 9.40. The van der Waals surface area contributed by atoms with Gasteiger partial charge in [0.05, 0.1) is 12.4 Å². The molecule has 0 saturated heterocycles. The standard InChI is InChI=1S/C13H30N2O3S/c1-11(2)13(10-18-5)15-19(16,17)9-7-6-8-14-12(3)4/h11-15H,6-10H2,1-5H3. The van der Waals surface area contributed by atoms with E-state index in [1.54, 1.807) is 7.11 Å². The van der Waals surface area contributed by atoms with Gasteiger partial charge in [0, 0.05) is 19.2 Å². The molecule has 116 valence electrons. The molecule has 19 heavy (non-hydrogen) atoms. The minimum Gasteiger partial charge on any atom is -0.383 e. The first-order valence-corrected chi connectivity index (χ1v) is 8.66. The summed E-state index contributed by atoms with van der Waals surface area (Å²) in [5.41, 5.74) is 0. The maximum atomic E-state index is 11.9. The third-order valence-corrected chi connectivity index (χ3v) is 4.36. The van der Waals surface area contributed by atoms with Gasteiger partial charge in [-0.1, -0.05) is 27.7 Å². The van der Waals surface area contributed by atoms with Gasteiger partial charge in [-0.15, -0.1) is 0 Å². The van der Waals surface area contributed by atoms with Crippen molar-refractivity contribution in [1.82, 2.24) is 10.0 Å². The zero-order chi connectivity index (χ0) is 14.9. The van der Waals surface area contributed by atoms with Gasteiger partial charge in [0.2, 0.25) is 10.0 Å². The second-order valence-corrected chi connectivity index (χ2v) is 7.43. The van der Waals surface area contributed by atoms with Crippen LogP contribution in [0.1, 0.15) is 40.5 Å². The fourth-order valence-corrected chi connectivity index (χ4v) is 3.14. The normalized spacial score (nSPS) is 14.3. The first-order valence-electron chi connectivity index (χ1n) is 7.00. The Kier molecular flexibility index (Phi) is 9.60. The number of hydrogen-bond donors (Lipinski definition) is 2. The van der Waals surface area contributed by atoms with E-state index in [1.165, 1.54) is 0 Å². The van der Waals surface area contributed by atoms with E-state index in [-0.39, 0.29) is 17.7 Å². The van der Waals surface area contributed by atoms with Crippen LogP contribution in [0.2, 0.25) is 0 Å². The summed E-state index contributed by atoms with van der Waals surface area (Å²) < 4.78 is 31.6. The molecule has 0 fully saturated rings. The van der Waals surface area contributed by atoms with Crippen LogP contribution in [0.3, 0.4) is 0 Å². The summed E-state index contributed by atoms with van der Waals surface area (Å²) in [7, 11) is -1.62. The van der Waals surface area contributed by atoms with E-state index >= 15 is 0 Å². The minimum atomic E-state index is -3.21. The average molecular weight is 294 g/mol. The summed E-state index contributed by atoms with van der Waals surface area (Å²) in [6.07, 6.45) is 1.54. The van der Waals surface area contributed by atoms with Crippen molar-refractivity contribution in [3.63, 3.8) is 0 Å². The molecular weight excluding hydrogens is 264 g/mol. The molecular formula is C13H30N2O3S. The molecule has 0 amide bonds. The largest absolute Gasteiger partial charge is 0.383 e. The molecule has 1 atom stereocenters. The van der Waals surface area contributed by atoms with Crippen molar-refractivity contribution < 1.29 is 13.2 Å². The zero-order valence-electron chi connectivity index (χ0n) is 12.9. The van der Waals surface area contributed by atoms with Gasteiger partial charge in [0.1, 0.15) is 0 Å². The Morgan fingerprint density at radius 3 is 2.21 bits per heavy atom. The van der Waals surface area contributed by atoms with E-state index in [9.17, 15) is 8.42 Å². The number of sulfonamides is 1. The number of rotatable bonds is 11. The molecule has 0 radical (unpaired) electrons. The van der Waals surface area contributed by atoms with Crippen LogP contribution in [-0.4, -0.2) is 46.5 Å². The first kappa shape index (κ1) is 18.8. The van der Waals surface area contributed by atoms with E-state index in [4.69, 9.17) is 4.74 Å². The molecule has 0 saturated carbocycles. The van der Waals surface area contributed by atoms with Gasteiger partial charge in [-0.05, 0) is 25.3 Å². The minimum absolute atomic E-state index is 0.149.